The van der Waals surface area contributed by atoms with Crippen molar-refractivity contribution in [3.05, 3.63) is 118 Å². The first-order valence-corrected chi connectivity index (χ1v) is 18.8. The first kappa shape index (κ1) is 39.8. The minimum atomic E-state index is -1.60. The molecule has 4 aromatic rings. The van der Waals surface area contributed by atoms with Gasteiger partial charge in [0, 0.05) is 12.1 Å². The maximum absolute atomic E-state index is 15.7. The minimum absolute atomic E-state index is 0.0305. The number of carbonyl (C=O) groups excluding carboxylic acids is 3. The van der Waals surface area contributed by atoms with Crippen LogP contribution in [0, 0.1) is 18.3 Å². The molecule has 0 spiro atoms. The van der Waals surface area contributed by atoms with E-state index in [0.29, 0.717) is 40.3 Å². The van der Waals surface area contributed by atoms with E-state index in [2.05, 4.69) is 25.3 Å². The van der Waals surface area contributed by atoms with Crippen LogP contribution in [-0.2, 0) is 27.8 Å². The summed E-state index contributed by atoms with van der Waals surface area (Å²) < 4.78 is 38.9. The van der Waals surface area contributed by atoms with Crippen LogP contribution in [0.1, 0.15) is 105 Å². The van der Waals surface area contributed by atoms with E-state index in [1.54, 1.807) is 75.4 Å². The average Bonchev–Trinajstić information content (AvgIpc) is 3.84. The summed E-state index contributed by atoms with van der Waals surface area (Å²) in [7, 11) is -1.60. The lowest BCUT2D eigenvalue weighted by Gasteiger charge is -2.38. The van der Waals surface area contributed by atoms with E-state index in [0.717, 1.165) is 19.3 Å². The number of rotatable bonds is 13. The number of primary amides is 1. The van der Waals surface area contributed by atoms with Gasteiger partial charge in [-0.1, -0.05) is 49.7 Å². The van der Waals surface area contributed by atoms with Crippen LogP contribution in [0.25, 0.3) is 10.5 Å². The number of nitrogens with one attached hydrogen (secondary N) is 3. The molecular formula is C40H46FN7O5S. The molecule has 1 fully saturated rings. The van der Waals surface area contributed by atoms with Gasteiger partial charge in [-0.05, 0) is 125 Å². The third-order valence-corrected chi connectivity index (χ3v) is 10.5. The predicted molar refractivity (Wildman–Crippen MR) is 206 cm³/mol. The van der Waals surface area contributed by atoms with E-state index in [9.17, 15) is 18.6 Å². The van der Waals surface area contributed by atoms with E-state index in [4.69, 9.17) is 17.0 Å². The van der Waals surface area contributed by atoms with Crippen molar-refractivity contribution in [2.45, 2.75) is 89.7 Å². The second kappa shape index (κ2) is 15.9. The highest BCUT2D eigenvalue weighted by atomic mass is 32.2. The van der Waals surface area contributed by atoms with Crippen LogP contribution >= 0.6 is 0 Å². The van der Waals surface area contributed by atoms with Gasteiger partial charge in [0.25, 0.3) is 11.7 Å². The molecule has 1 aliphatic carbocycles. The first-order valence-electron chi connectivity index (χ1n) is 17.6. The third kappa shape index (κ3) is 9.77. The zero-order valence-electron chi connectivity index (χ0n) is 31.3. The van der Waals surface area contributed by atoms with Crippen LogP contribution in [0.15, 0.2) is 72.8 Å². The number of halogens is 1. The molecule has 0 aliphatic heterocycles. The Morgan fingerprint density at radius 1 is 1.00 bits per heavy atom. The van der Waals surface area contributed by atoms with Crippen LogP contribution in [0.2, 0.25) is 0 Å². The molecule has 5 rings (SSSR count). The Labute approximate surface area is 317 Å². The van der Waals surface area contributed by atoms with Gasteiger partial charge in [0.05, 0.1) is 32.6 Å². The maximum atomic E-state index is 15.7. The van der Waals surface area contributed by atoms with Crippen LogP contribution in [0.3, 0.4) is 0 Å². The van der Waals surface area contributed by atoms with Crippen molar-refractivity contribution < 1.29 is 27.7 Å². The molecule has 1 aromatic heterocycles. The second-order valence-corrected chi connectivity index (χ2v) is 17.4. The molecule has 12 nitrogen and oxygen atoms in total. The van der Waals surface area contributed by atoms with Gasteiger partial charge >= 0.3 is 6.09 Å². The van der Waals surface area contributed by atoms with Gasteiger partial charge in [0.15, 0.2) is 0 Å². The number of anilines is 1. The van der Waals surface area contributed by atoms with E-state index in [-0.39, 0.29) is 23.7 Å². The van der Waals surface area contributed by atoms with Gasteiger partial charge in [-0.15, -0.1) is 0 Å². The van der Waals surface area contributed by atoms with Crippen molar-refractivity contribution in [2.24, 2.45) is 11.7 Å². The fourth-order valence-corrected chi connectivity index (χ4v) is 6.78. The number of amides is 3. The van der Waals surface area contributed by atoms with Gasteiger partial charge in [0.2, 0.25) is 5.91 Å². The van der Waals surface area contributed by atoms with E-state index < -0.39 is 50.6 Å². The highest BCUT2D eigenvalue weighted by Crippen LogP contribution is 2.43. The largest absolute Gasteiger partial charge is 0.444 e. The quantitative estimate of drug-likeness (QED) is 0.104. The normalized spacial score (nSPS) is 14.7. The van der Waals surface area contributed by atoms with Crippen molar-refractivity contribution in [3.8, 4) is 5.69 Å². The molecule has 0 radical (unpaired) electrons. The molecule has 1 unspecified atom stereocenters. The van der Waals surface area contributed by atoms with Crippen LogP contribution in [0.4, 0.5) is 20.7 Å². The second-order valence-electron chi connectivity index (χ2n) is 15.4. The number of hydrogen-bond acceptors (Lipinski definition) is 6. The lowest BCUT2D eigenvalue weighted by molar-refractivity contribution is 0.0523. The van der Waals surface area contributed by atoms with Gasteiger partial charge in [-0.2, -0.15) is 4.68 Å². The number of alkyl carbamates (subject to hydrolysis) is 1. The molecule has 54 heavy (non-hydrogen) atoms. The van der Waals surface area contributed by atoms with Gasteiger partial charge in [-0.3, -0.25) is 9.59 Å². The fraction of sp³-hybridized carbons (Fsp3) is 0.375. The molecule has 284 valence electrons. The smallest absolute Gasteiger partial charge is 0.407 e. The zero-order chi connectivity index (χ0) is 39.4. The average molecular weight is 756 g/mol. The molecule has 0 bridgehead atoms. The monoisotopic (exact) mass is 755 g/mol. The summed E-state index contributed by atoms with van der Waals surface area (Å²) in [5, 5.41) is 9.69. The lowest BCUT2D eigenvalue weighted by atomic mass is 9.79. The molecule has 1 aliphatic rings. The number of aromatic nitrogens is 2. The van der Waals surface area contributed by atoms with Crippen LogP contribution in [0.5, 0.6) is 0 Å². The van der Waals surface area contributed by atoms with Gasteiger partial charge in [-0.25, -0.2) is 18.1 Å². The topological polar surface area (TPSA) is 162 Å². The van der Waals surface area contributed by atoms with Crippen molar-refractivity contribution in [1.82, 2.24) is 19.8 Å². The van der Waals surface area contributed by atoms with Crippen molar-refractivity contribution in [3.63, 3.8) is 0 Å². The summed E-state index contributed by atoms with van der Waals surface area (Å²) in [4.78, 5) is 41.6. The minimum Gasteiger partial charge on any atom is -0.444 e. The Balaban J connectivity index is 1.51. The Morgan fingerprint density at radius 3 is 2.30 bits per heavy atom. The molecule has 14 heteroatoms. The number of nitrogens with two attached hydrogens (primary N) is 1. The van der Waals surface area contributed by atoms with E-state index in [1.165, 1.54) is 22.9 Å². The Bertz CT molecular complexity index is 2110. The maximum Gasteiger partial charge on any atom is 0.407 e. The van der Waals surface area contributed by atoms with Crippen LogP contribution < -0.4 is 21.1 Å². The summed E-state index contributed by atoms with van der Waals surface area (Å²) >= 11 is 0. The number of hydrogen-bond donors (Lipinski definition) is 4. The van der Waals surface area contributed by atoms with Crippen molar-refractivity contribution >= 4 is 40.4 Å². The molecular weight excluding hydrogens is 710 g/mol. The standard InChI is InChI=1S/C40H46FN7O5S/c1-38(2,3)53-37(51)44-24-26-9-8-10-30(21-26)48-33(23-34(43-7)46-48)36(50)45-32-22-29(17-18-31(32)41)40(20-19-25-11-12-25,47-54(52)39(4,5)6)28-15-13-27(14-16-28)35(42)49/h8-10,13-18,21-23,25,47H,11-12,19-20,24H2,1-6H3,(H2,42,49)(H,44,51)(H,45,50)/t40?,54-/m1/s1. The highest BCUT2D eigenvalue weighted by Gasteiger charge is 2.40. The van der Waals surface area contributed by atoms with Gasteiger partial charge < -0.3 is 25.9 Å². The number of ether oxygens (including phenoxy) is 1. The van der Waals surface area contributed by atoms with Crippen LogP contribution in [-0.4, -0.2) is 42.2 Å². The molecule has 1 saturated carbocycles. The SMILES string of the molecule is [C-]#[N+]c1cc(C(=O)Nc2cc(C(CCC3CC3)(N[S@](=O)C(C)(C)C)c3ccc(C(N)=O)cc3)ccc2F)n(-c2cccc(CNC(=O)OC(C)(C)C)c2)n1. The summed E-state index contributed by atoms with van der Waals surface area (Å²) in [5.74, 6) is -1.60. The first-order chi connectivity index (χ1) is 25.4. The van der Waals surface area contributed by atoms with Crippen molar-refractivity contribution in [2.75, 3.05) is 5.32 Å². The summed E-state index contributed by atoms with van der Waals surface area (Å²) in [6.45, 7) is 18.5. The molecule has 3 amide bonds. The summed E-state index contributed by atoms with van der Waals surface area (Å²) in [6.07, 6.45) is 2.84. The molecule has 5 N–H and O–H groups in total. The fourth-order valence-electron chi connectivity index (χ4n) is 5.82. The molecule has 0 saturated heterocycles. The van der Waals surface area contributed by atoms with Gasteiger partial charge in [0.1, 0.15) is 17.1 Å². The Hall–Kier alpha value is -5.39. The predicted octanol–water partition coefficient (Wildman–Crippen LogP) is 7.42. The zero-order valence-corrected chi connectivity index (χ0v) is 32.1. The van der Waals surface area contributed by atoms with E-state index >= 15 is 4.39 Å². The highest BCUT2D eigenvalue weighted by molar-refractivity contribution is 7.84. The number of carbonyl (C=O) groups is 3. The number of benzene rings is 3. The molecule has 1 heterocycles. The molecule has 2 atom stereocenters. The third-order valence-electron chi connectivity index (χ3n) is 8.85. The summed E-state index contributed by atoms with van der Waals surface area (Å²) in [6, 6.07) is 19.3. The van der Waals surface area contributed by atoms with E-state index in [1.807, 2.05) is 20.8 Å². The Morgan fingerprint density at radius 2 is 1.69 bits per heavy atom. The van der Waals surface area contributed by atoms with Crippen molar-refractivity contribution in [1.29, 1.82) is 0 Å². The Kier molecular flexibility index (Phi) is 11.7. The lowest BCUT2D eigenvalue weighted by Crippen LogP contribution is -2.49. The number of nitrogens with zero attached hydrogens (tertiary/aromatic N) is 3. The summed E-state index contributed by atoms with van der Waals surface area (Å²) in [5.41, 5.74) is 6.23. The molecule has 3 aromatic carbocycles.